The van der Waals surface area contributed by atoms with Crippen molar-refractivity contribution in [3.8, 4) is 11.1 Å². The first-order chi connectivity index (χ1) is 9.64. The van der Waals surface area contributed by atoms with E-state index in [1.807, 2.05) is 0 Å². The molecule has 1 heterocycles. The van der Waals surface area contributed by atoms with Gasteiger partial charge >= 0.3 is 6.18 Å². The maximum atomic E-state index is 12.5. The zero-order valence-corrected chi connectivity index (χ0v) is 13.5. The van der Waals surface area contributed by atoms with Crippen molar-refractivity contribution >= 4 is 58.0 Å². The fourth-order valence-electron chi connectivity index (χ4n) is 1.57. The van der Waals surface area contributed by atoms with E-state index in [0.717, 1.165) is 12.3 Å². The summed E-state index contributed by atoms with van der Waals surface area (Å²) in [7, 11) is 0. The average molecular weight is 395 g/mol. The molecule has 0 saturated heterocycles. The predicted octanol–water partition coefficient (Wildman–Crippen LogP) is 7.03. The van der Waals surface area contributed by atoms with Gasteiger partial charge in [-0.25, -0.2) is 0 Å². The number of halogens is 8. The molecule has 1 nitrogen and oxygen atoms in total. The lowest BCUT2D eigenvalue weighted by Crippen LogP contribution is -2.07. The van der Waals surface area contributed by atoms with Crippen LogP contribution >= 0.6 is 58.0 Å². The lowest BCUT2D eigenvalue weighted by molar-refractivity contribution is -0.141. The van der Waals surface area contributed by atoms with E-state index < -0.39 is 11.9 Å². The Morgan fingerprint density at radius 2 is 1.24 bits per heavy atom. The SMILES string of the molecule is FC(F)(F)c1ccc(-c2c(Cl)c(Cl)c(Cl)c(Cl)c2Cl)cn1. The lowest BCUT2D eigenvalue weighted by Gasteiger charge is -2.13. The molecule has 0 unspecified atom stereocenters. The molecule has 1 aromatic carbocycles. The summed E-state index contributed by atoms with van der Waals surface area (Å²) in [6, 6.07) is 1.97. The smallest absolute Gasteiger partial charge is 0.251 e. The molecule has 9 heteroatoms. The number of benzene rings is 1. The Morgan fingerprint density at radius 3 is 1.62 bits per heavy atom. The van der Waals surface area contributed by atoms with Crippen molar-refractivity contribution in [3.63, 3.8) is 0 Å². The number of hydrogen-bond acceptors (Lipinski definition) is 1. The number of hydrogen-bond donors (Lipinski definition) is 0. The summed E-state index contributed by atoms with van der Waals surface area (Å²) in [5, 5.41) is -0.141. The Labute approximate surface area is 142 Å². The van der Waals surface area contributed by atoms with E-state index in [-0.39, 0.29) is 36.2 Å². The number of aromatic nitrogens is 1. The molecule has 0 spiro atoms. The highest BCUT2D eigenvalue weighted by Crippen LogP contribution is 2.48. The van der Waals surface area contributed by atoms with Gasteiger partial charge in [-0.2, -0.15) is 13.2 Å². The molecule has 0 radical (unpaired) electrons. The first kappa shape index (κ1) is 17.0. The monoisotopic (exact) mass is 393 g/mol. The van der Waals surface area contributed by atoms with E-state index in [4.69, 9.17) is 58.0 Å². The van der Waals surface area contributed by atoms with Crippen molar-refractivity contribution in [2.45, 2.75) is 6.18 Å². The highest BCUT2D eigenvalue weighted by atomic mass is 35.5. The van der Waals surface area contributed by atoms with Crippen LogP contribution in [0.2, 0.25) is 25.1 Å². The Hall–Kier alpha value is -0.390. The fourth-order valence-corrected chi connectivity index (χ4v) is 2.92. The molecular formula is C12H3Cl5F3N. The van der Waals surface area contributed by atoms with E-state index in [1.54, 1.807) is 0 Å². The van der Waals surface area contributed by atoms with E-state index in [9.17, 15) is 13.2 Å². The third-order valence-electron chi connectivity index (χ3n) is 2.55. The van der Waals surface area contributed by atoms with Crippen LogP contribution in [0.15, 0.2) is 18.3 Å². The summed E-state index contributed by atoms with van der Waals surface area (Å²) >= 11 is 29.7. The highest BCUT2D eigenvalue weighted by Gasteiger charge is 2.32. The molecule has 21 heavy (non-hydrogen) atoms. The summed E-state index contributed by atoms with van der Waals surface area (Å²) in [6.45, 7) is 0. The standard InChI is InChI=1S/C12H3Cl5F3N/c13-7-6(8(14)10(16)11(17)9(7)15)4-1-2-5(21-3-4)12(18,19)20/h1-3H. The molecular weight excluding hydrogens is 392 g/mol. The van der Waals surface area contributed by atoms with Crippen LogP contribution in [-0.2, 0) is 6.18 Å². The number of rotatable bonds is 1. The molecule has 2 rings (SSSR count). The van der Waals surface area contributed by atoms with Gasteiger partial charge in [0.2, 0.25) is 0 Å². The minimum Gasteiger partial charge on any atom is -0.251 e. The maximum absolute atomic E-state index is 12.5. The molecule has 0 N–H and O–H groups in total. The molecule has 0 saturated carbocycles. The highest BCUT2D eigenvalue weighted by molar-refractivity contribution is 6.56. The quantitative estimate of drug-likeness (QED) is 0.373. The third-order valence-corrected chi connectivity index (χ3v) is 4.83. The third kappa shape index (κ3) is 3.20. The van der Waals surface area contributed by atoms with Crippen molar-refractivity contribution in [2.75, 3.05) is 0 Å². The Morgan fingerprint density at radius 1 is 0.762 bits per heavy atom. The number of pyridine rings is 1. The zero-order valence-electron chi connectivity index (χ0n) is 9.70. The van der Waals surface area contributed by atoms with Crippen LogP contribution in [0.25, 0.3) is 11.1 Å². The van der Waals surface area contributed by atoms with Gasteiger partial charge in [-0.3, -0.25) is 4.98 Å². The second-order valence-electron chi connectivity index (χ2n) is 3.87. The van der Waals surface area contributed by atoms with Gasteiger partial charge in [0.15, 0.2) is 0 Å². The van der Waals surface area contributed by atoms with Crippen LogP contribution in [0, 0.1) is 0 Å². The summed E-state index contributed by atoms with van der Waals surface area (Å²) in [6.07, 6.45) is -3.56. The minimum atomic E-state index is -4.54. The van der Waals surface area contributed by atoms with Gasteiger partial charge in [0.25, 0.3) is 0 Å². The summed E-state index contributed by atoms with van der Waals surface area (Å²) < 4.78 is 37.5. The van der Waals surface area contributed by atoms with Gasteiger partial charge in [-0.15, -0.1) is 0 Å². The van der Waals surface area contributed by atoms with Crippen LogP contribution in [0.5, 0.6) is 0 Å². The van der Waals surface area contributed by atoms with Crippen molar-refractivity contribution in [1.29, 1.82) is 0 Å². The van der Waals surface area contributed by atoms with Crippen LogP contribution in [0.1, 0.15) is 5.69 Å². The van der Waals surface area contributed by atoms with Gasteiger partial charge < -0.3 is 0 Å². The van der Waals surface area contributed by atoms with Crippen molar-refractivity contribution in [1.82, 2.24) is 4.98 Å². The zero-order chi connectivity index (χ0) is 15.9. The van der Waals surface area contributed by atoms with Crippen molar-refractivity contribution in [3.05, 3.63) is 49.1 Å². The molecule has 0 amide bonds. The van der Waals surface area contributed by atoms with E-state index in [0.29, 0.717) is 0 Å². The molecule has 0 bridgehead atoms. The molecule has 0 aliphatic rings. The van der Waals surface area contributed by atoms with E-state index >= 15 is 0 Å². The Balaban J connectivity index is 2.63. The van der Waals surface area contributed by atoms with Gasteiger partial charge in [0.1, 0.15) is 5.69 Å². The van der Waals surface area contributed by atoms with E-state index in [2.05, 4.69) is 4.98 Å². The second-order valence-corrected chi connectivity index (χ2v) is 5.76. The first-order valence-corrected chi connectivity index (χ1v) is 7.08. The summed E-state index contributed by atoms with van der Waals surface area (Å²) in [4.78, 5) is 3.33. The summed E-state index contributed by atoms with van der Waals surface area (Å²) in [5.41, 5.74) is -0.637. The molecule has 112 valence electrons. The van der Waals surface area contributed by atoms with E-state index in [1.165, 1.54) is 6.07 Å². The minimum absolute atomic E-state index is 0.0161. The van der Waals surface area contributed by atoms with Crippen molar-refractivity contribution < 1.29 is 13.2 Å². The van der Waals surface area contributed by atoms with Crippen molar-refractivity contribution in [2.24, 2.45) is 0 Å². The normalized spacial score (nSPS) is 11.8. The molecule has 0 atom stereocenters. The van der Waals surface area contributed by atoms with Gasteiger partial charge in [-0.1, -0.05) is 64.1 Å². The first-order valence-electron chi connectivity index (χ1n) is 5.19. The Bertz CT molecular complexity index is 669. The predicted molar refractivity (Wildman–Crippen MR) is 79.7 cm³/mol. The average Bonchev–Trinajstić information content (AvgIpc) is 2.43. The molecule has 0 aliphatic heterocycles. The van der Waals surface area contributed by atoms with Crippen LogP contribution in [-0.4, -0.2) is 4.98 Å². The number of alkyl halides is 3. The summed E-state index contributed by atoms with van der Waals surface area (Å²) in [5.74, 6) is 0. The fraction of sp³-hybridized carbons (Fsp3) is 0.0833. The van der Waals surface area contributed by atoms with Crippen LogP contribution in [0.3, 0.4) is 0 Å². The second kappa shape index (κ2) is 6.01. The molecule has 2 aromatic rings. The topological polar surface area (TPSA) is 12.9 Å². The number of nitrogens with zero attached hydrogens (tertiary/aromatic N) is 1. The van der Waals surface area contributed by atoms with Gasteiger partial charge in [0.05, 0.1) is 25.1 Å². The Kier molecular flexibility index (Phi) is 4.86. The van der Waals surface area contributed by atoms with Gasteiger partial charge in [-0.05, 0) is 6.07 Å². The van der Waals surface area contributed by atoms with Crippen LogP contribution in [0.4, 0.5) is 13.2 Å². The maximum Gasteiger partial charge on any atom is 0.433 e. The molecule has 0 aliphatic carbocycles. The molecule has 1 aromatic heterocycles. The van der Waals surface area contributed by atoms with Gasteiger partial charge in [0, 0.05) is 17.3 Å². The molecule has 0 fully saturated rings. The lowest BCUT2D eigenvalue weighted by atomic mass is 10.1. The largest absolute Gasteiger partial charge is 0.433 e. The van der Waals surface area contributed by atoms with Crippen LogP contribution < -0.4 is 0 Å².